The van der Waals surface area contributed by atoms with Gasteiger partial charge in [-0.3, -0.25) is 9.78 Å². The molecule has 1 amide bonds. The molecule has 1 heterocycles. The molecule has 1 rings (SSSR count). The molecule has 0 spiro atoms. The van der Waals surface area contributed by atoms with Crippen molar-refractivity contribution < 1.29 is 4.79 Å². The van der Waals surface area contributed by atoms with Gasteiger partial charge in [0.2, 0.25) is 0 Å². The lowest BCUT2D eigenvalue weighted by molar-refractivity contribution is 0.0943. The molecule has 88 valence electrons. The van der Waals surface area contributed by atoms with Crippen molar-refractivity contribution >= 4 is 37.8 Å². The van der Waals surface area contributed by atoms with Crippen LogP contribution in [0.5, 0.6) is 0 Å². The van der Waals surface area contributed by atoms with Crippen molar-refractivity contribution in [3.8, 4) is 0 Å². The second-order valence-electron chi connectivity index (χ2n) is 3.73. The summed E-state index contributed by atoms with van der Waals surface area (Å²) in [6, 6.07) is 3.75. The average molecular weight is 350 g/mol. The standard InChI is InChI=1S/C11H14Br2N2O/c1-7(2)14-11(16)8-3-9(5-12)15-10(4-8)6-13/h3-4,7H,5-6H2,1-2H3,(H,14,16). The van der Waals surface area contributed by atoms with Gasteiger partial charge in [-0.25, -0.2) is 0 Å². The van der Waals surface area contributed by atoms with Crippen LogP contribution in [-0.2, 0) is 10.7 Å². The normalized spacial score (nSPS) is 10.6. The first-order valence-electron chi connectivity index (χ1n) is 4.99. The first-order valence-corrected chi connectivity index (χ1v) is 7.23. The molecule has 0 aliphatic heterocycles. The van der Waals surface area contributed by atoms with Crippen LogP contribution in [-0.4, -0.2) is 16.9 Å². The summed E-state index contributed by atoms with van der Waals surface area (Å²) in [4.78, 5) is 16.2. The van der Waals surface area contributed by atoms with Crippen LogP contribution in [0, 0.1) is 0 Å². The number of pyridine rings is 1. The van der Waals surface area contributed by atoms with Gasteiger partial charge in [-0.2, -0.15) is 0 Å². The molecule has 0 saturated carbocycles. The molecule has 1 N–H and O–H groups in total. The zero-order valence-corrected chi connectivity index (χ0v) is 12.4. The minimum Gasteiger partial charge on any atom is -0.350 e. The Labute approximate surface area is 112 Å². The number of carbonyl (C=O) groups is 1. The van der Waals surface area contributed by atoms with Crippen molar-refractivity contribution in [1.29, 1.82) is 0 Å². The van der Waals surface area contributed by atoms with E-state index in [0.717, 1.165) is 11.4 Å². The van der Waals surface area contributed by atoms with Gasteiger partial charge in [0.05, 0.1) is 11.4 Å². The van der Waals surface area contributed by atoms with E-state index < -0.39 is 0 Å². The predicted molar refractivity (Wildman–Crippen MR) is 72.1 cm³/mol. The Kier molecular flexibility index (Phi) is 5.41. The first-order chi connectivity index (χ1) is 7.56. The molecule has 0 atom stereocenters. The quantitative estimate of drug-likeness (QED) is 0.849. The maximum Gasteiger partial charge on any atom is 0.251 e. The molecule has 16 heavy (non-hydrogen) atoms. The van der Waals surface area contributed by atoms with Gasteiger partial charge in [-0.05, 0) is 26.0 Å². The zero-order valence-electron chi connectivity index (χ0n) is 9.26. The van der Waals surface area contributed by atoms with Crippen molar-refractivity contribution in [2.45, 2.75) is 30.5 Å². The molecule has 1 aromatic rings. The maximum absolute atomic E-state index is 11.8. The molecule has 0 radical (unpaired) electrons. The van der Waals surface area contributed by atoms with Crippen LogP contribution in [0.25, 0.3) is 0 Å². The van der Waals surface area contributed by atoms with Crippen molar-refractivity contribution in [2.75, 3.05) is 0 Å². The Hall–Kier alpha value is -0.420. The Bertz CT molecular complexity index is 358. The highest BCUT2D eigenvalue weighted by Crippen LogP contribution is 2.12. The maximum atomic E-state index is 11.8. The molecular weight excluding hydrogens is 336 g/mol. The van der Waals surface area contributed by atoms with Crippen LogP contribution in [0.2, 0.25) is 0 Å². The summed E-state index contributed by atoms with van der Waals surface area (Å²) in [5.41, 5.74) is 2.39. The Balaban J connectivity index is 2.98. The minimum atomic E-state index is -0.0539. The SMILES string of the molecule is CC(C)NC(=O)c1cc(CBr)nc(CBr)c1. The van der Waals surface area contributed by atoms with Crippen molar-refractivity contribution in [3.05, 3.63) is 29.1 Å². The number of halogens is 2. The fourth-order valence-electron chi connectivity index (χ4n) is 1.26. The fourth-order valence-corrected chi connectivity index (χ4v) is 1.84. The molecular formula is C11H14Br2N2O. The van der Waals surface area contributed by atoms with E-state index in [2.05, 4.69) is 42.2 Å². The topological polar surface area (TPSA) is 42.0 Å². The van der Waals surface area contributed by atoms with E-state index in [-0.39, 0.29) is 11.9 Å². The van der Waals surface area contributed by atoms with Gasteiger partial charge in [-0.15, -0.1) is 0 Å². The molecule has 0 unspecified atom stereocenters. The summed E-state index contributed by atoms with van der Waals surface area (Å²) in [6.45, 7) is 3.88. The van der Waals surface area contributed by atoms with Crippen LogP contribution in [0.15, 0.2) is 12.1 Å². The molecule has 0 aliphatic carbocycles. The van der Waals surface area contributed by atoms with Crippen LogP contribution in [0.4, 0.5) is 0 Å². The number of hydrogen-bond acceptors (Lipinski definition) is 2. The molecule has 0 aliphatic rings. The predicted octanol–water partition coefficient (Wildman–Crippen LogP) is 3.01. The minimum absolute atomic E-state index is 0.0539. The van der Waals surface area contributed by atoms with Gasteiger partial charge in [-0.1, -0.05) is 31.9 Å². The van der Waals surface area contributed by atoms with Gasteiger partial charge in [0, 0.05) is 22.3 Å². The molecule has 1 aromatic heterocycles. The Morgan fingerprint density at radius 1 is 1.31 bits per heavy atom. The molecule has 0 bridgehead atoms. The second-order valence-corrected chi connectivity index (χ2v) is 4.86. The molecule has 5 heteroatoms. The summed E-state index contributed by atoms with van der Waals surface area (Å²) in [7, 11) is 0. The van der Waals surface area contributed by atoms with Gasteiger partial charge in [0.1, 0.15) is 0 Å². The smallest absolute Gasteiger partial charge is 0.251 e. The number of carbonyl (C=O) groups excluding carboxylic acids is 1. The van der Waals surface area contributed by atoms with Crippen molar-refractivity contribution in [2.24, 2.45) is 0 Å². The summed E-state index contributed by atoms with van der Waals surface area (Å²) in [5.74, 6) is -0.0539. The molecule has 0 saturated heterocycles. The third-order valence-corrected chi connectivity index (χ3v) is 3.04. The lowest BCUT2D eigenvalue weighted by Gasteiger charge is -2.10. The number of nitrogens with one attached hydrogen (secondary N) is 1. The average Bonchev–Trinajstić information content (AvgIpc) is 2.27. The molecule has 0 fully saturated rings. The van der Waals surface area contributed by atoms with Crippen LogP contribution < -0.4 is 5.32 Å². The van der Waals surface area contributed by atoms with E-state index >= 15 is 0 Å². The third kappa shape index (κ3) is 3.87. The highest BCUT2D eigenvalue weighted by atomic mass is 79.9. The monoisotopic (exact) mass is 348 g/mol. The number of aromatic nitrogens is 1. The number of rotatable bonds is 4. The first kappa shape index (κ1) is 13.6. The van der Waals surface area contributed by atoms with E-state index in [1.165, 1.54) is 0 Å². The van der Waals surface area contributed by atoms with Crippen LogP contribution >= 0.6 is 31.9 Å². The van der Waals surface area contributed by atoms with Crippen molar-refractivity contribution in [3.63, 3.8) is 0 Å². The second kappa shape index (κ2) is 6.35. The summed E-state index contributed by atoms with van der Waals surface area (Å²) < 4.78 is 0. The van der Waals surface area contributed by atoms with E-state index in [1.54, 1.807) is 12.1 Å². The van der Waals surface area contributed by atoms with Gasteiger partial charge in [0.25, 0.3) is 5.91 Å². The summed E-state index contributed by atoms with van der Waals surface area (Å²) in [5, 5.41) is 4.16. The number of hydrogen-bond donors (Lipinski definition) is 1. The molecule has 3 nitrogen and oxygen atoms in total. The summed E-state index contributed by atoms with van der Waals surface area (Å²) in [6.07, 6.45) is 0. The largest absolute Gasteiger partial charge is 0.350 e. The van der Waals surface area contributed by atoms with E-state index in [0.29, 0.717) is 16.2 Å². The Morgan fingerprint density at radius 2 is 1.81 bits per heavy atom. The van der Waals surface area contributed by atoms with E-state index in [9.17, 15) is 4.79 Å². The number of amides is 1. The highest BCUT2D eigenvalue weighted by molar-refractivity contribution is 9.08. The van der Waals surface area contributed by atoms with Crippen molar-refractivity contribution in [1.82, 2.24) is 10.3 Å². The lowest BCUT2D eigenvalue weighted by atomic mass is 10.2. The number of nitrogens with zero attached hydrogens (tertiary/aromatic N) is 1. The van der Waals surface area contributed by atoms with Crippen LogP contribution in [0.3, 0.4) is 0 Å². The zero-order chi connectivity index (χ0) is 12.1. The highest BCUT2D eigenvalue weighted by Gasteiger charge is 2.10. The van der Waals surface area contributed by atoms with Gasteiger partial charge >= 0.3 is 0 Å². The lowest BCUT2D eigenvalue weighted by Crippen LogP contribution is -2.30. The third-order valence-electron chi connectivity index (χ3n) is 1.89. The van der Waals surface area contributed by atoms with Crippen LogP contribution in [0.1, 0.15) is 35.6 Å². The van der Waals surface area contributed by atoms with E-state index in [4.69, 9.17) is 0 Å². The summed E-state index contributed by atoms with van der Waals surface area (Å²) >= 11 is 6.69. The van der Waals surface area contributed by atoms with Gasteiger partial charge in [0.15, 0.2) is 0 Å². The van der Waals surface area contributed by atoms with Gasteiger partial charge < -0.3 is 5.32 Å². The number of alkyl halides is 2. The molecule has 0 aromatic carbocycles. The Morgan fingerprint density at radius 3 is 2.19 bits per heavy atom. The fraction of sp³-hybridized carbons (Fsp3) is 0.455. The van der Waals surface area contributed by atoms with E-state index in [1.807, 2.05) is 13.8 Å².